The molecular weight excluding hydrogens is 256 g/mol. The number of aryl methyl sites for hydroxylation is 1. The molecule has 106 valence electrons. The molecule has 0 aromatic carbocycles. The summed E-state index contributed by atoms with van der Waals surface area (Å²) >= 11 is 0. The van der Waals surface area contributed by atoms with Crippen LogP contribution in [0.2, 0.25) is 0 Å². The highest BCUT2D eigenvalue weighted by atomic mass is 16.2. The third-order valence-electron chi connectivity index (χ3n) is 3.41. The van der Waals surface area contributed by atoms with Crippen molar-refractivity contribution in [1.82, 2.24) is 25.7 Å². The van der Waals surface area contributed by atoms with E-state index in [1.165, 1.54) is 0 Å². The smallest absolute Gasteiger partial charge is 0.277 e. The molecule has 0 saturated heterocycles. The van der Waals surface area contributed by atoms with Crippen LogP contribution in [0.4, 0.5) is 5.82 Å². The van der Waals surface area contributed by atoms with Gasteiger partial charge in [0.05, 0.1) is 0 Å². The summed E-state index contributed by atoms with van der Waals surface area (Å²) in [5.41, 5.74) is 3.47. The summed E-state index contributed by atoms with van der Waals surface area (Å²) in [6.45, 7) is 3.69. The van der Waals surface area contributed by atoms with Crippen LogP contribution in [0.1, 0.15) is 40.8 Å². The van der Waals surface area contributed by atoms with E-state index in [0.29, 0.717) is 18.1 Å². The fourth-order valence-corrected chi connectivity index (χ4v) is 2.41. The first-order valence-corrected chi connectivity index (χ1v) is 6.90. The molecule has 0 radical (unpaired) electrons. The Morgan fingerprint density at radius 2 is 2.30 bits per heavy atom. The summed E-state index contributed by atoms with van der Waals surface area (Å²) in [5, 5.41) is 20.1. The zero-order valence-electron chi connectivity index (χ0n) is 11.4. The largest absolute Gasteiger partial charge is 0.312 e. The average Bonchev–Trinajstić information content (AvgIpc) is 3.06. The Bertz CT molecular complexity index is 614. The minimum Gasteiger partial charge on any atom is -0.312 e. The molecule has 0 saturated carbocycles. The lowest BCUT2D eigenvalue weighted by Gasteiger charge is -2.12. The number of anilines is 1. The van der Waals surface area contributed by atoms with Crippen molar-refractivity contribution < 1.29 is 4.79 Å². The highest BCUT2D eigenvalue weighted by Crippen LogP contribution is 2.17. The second-order valence-corrected chi connectivity index (χ2v) is 4.94. The lowest BCUT2D eigenvalue weighted by atomic mass is 10.1. The van der Waals surface area contributed by atoms with E-state index < -0.39 is 0 Å². The Morgan fingerprint density at radius 3 is 3.15 bits per heavy atom. The van der Waals surface area contributed by atoms with Gasteiger partial charge in [-0.3, -0.25) is 15.0 Å². The van der Waals surface area contributed by atoms with Crippen LogP contribution >= 0.6 is 0 Å². The number of H-pyrrole nitrogens is 2. The second kappa shape index (κ2) is 5.46. The van der Waals surface area contributed by atoms with Crippen LogP contribution in [-0.2, 0) is 19.4 Å². The molecule has 0 aliphatic carbocycles. The third kappa shape index (κ3) is 2.44. The molecule has 0 unspecified atom stereocenters. The summed E-state index contributed by atoms with van der Waals surface area (Å²) < 4.78 is 0. The Labute approximate surface area is 116 Å². The molecule has 1 aliphatic rings. The van der Waals surface area contributed by atoms with Gasteiger partial charge in [-0.05, 0) is 6.42 Å². The van der Waals surface area contributed by atoms with Gasteiger partial charge in [0.25, 0.3) is 5.91 Å². The summed E-state index contributed by atoms with van der Waals surface area (Å²) in [5.74, 6) is 0.319. The molecule has 2 aromatic rings. The molecule has 7 nitrogen and oxygen atoms in total. The maximum absolute atomic E-state index is 12.2. The van der Waals surface area contributed by atoms with E-state index >= 15 is 0 Å². The van der Waals surface area contributed by atoms with Gasteiger partial charge in [0.1, 0.15) is 0 Å². The number of hydrogen-bond acceptors (Lipinski definition) is 4. The maximum Gasteiger partial charge on any atom is 0.277 e. The third-order valence-corrected chi connectivity index (χ3v) is 3.41. The fourth-order valence-electron chi connectivity index (χ4n) is 2.41. The lowest BCUT2D eigenvalue weighted by molar-refractivity contribution is 0.102. The van der Waals surface area contributed by atoms with Crippen LogP contribution in [0.15, 0.2) is 6.07 Å². The normalized spacial score (nSPS) is 14.1. The number of rotatable bonds is 4. The van der Waals surface area contributed by atoms with E-state index in [9.17, 15) is 4.79 Å². The summed E-state index contributed by atoms with van der Waals surface area (Å²) in [4.78, 5) is 12.2. The minimum atomic E-state index is -0.222. The first-order chi connectivity index (χ1) is 9.78. The van der Waals surface area contributed by atoms with Crippen LogP contribution < -0.4 is 10.6 Å². The SMILES string of the molecule is CCCc1cc(NC(=O)c2n[nH]c3c2CNCC3)n[nH]1. The van der Waals surface area contributed by atoms with E-state index in [2.05, 4.69) is 38.0 Å². The van der Waals surface area contributed by atoms with Gasteiger partial charge >= 0.3 is 0 Å². The first kappa shape index (κ1) is 12.9. The molecule has 4 N–H and O–H groups in total. The first-order valence-electron chi connectivity index (χ1n) is 6.90. The van der Waals surface area contributed by atoms with Gasteiger partial charge in [0.15, 0.2) is 11.5 Å². The predicted molar refractivity (Wildman–Crippen MR) is 74.5 cm³/mol. The molecule has 1 amide bonds. The number of amides is 1. The fraction of sp³-hybridized carbons (Fsp3) is 0.462. The molecule has 0 bridgehead atoms. The van der Waals surface area contributed by atoms with E-state index in [0.717, 1.165) is 42.8 Å². The molecule has 20 heavy (non-hydrogen) atoms. The molecule has 7 heteroatoms. The van der Waals surface area contributed by atoms with Gasteiger partial charge in [-0.15, -0.1) is 0 Å². The zero-order valence-corrected chi connectivity index (χ0v) is 11.4. The van der Waals surface area contributed by atoms with Gasteiger partial charge < -0.3 is 10.6 Å². The Kier molecular flexibility index (Phi) is 3.51. The van der Waals surface area contributed by atoms with E-state index in [1.54, 1.807) is 0 Å². The maximum atomic E-state index is 12.2. The molecule has 3 heterocycles. The molecule has 3 rings (SSSR count). The van der Waals surface area contributed by atoms with Crippen molar-refractivity contribution >= 4 is 11.7 Å². The van der Waals surface area contributed by atoms with Crippen LogP contribution in [0, 0.1) is 0 Å². The average molecular weight is 274 g/mol. The van der Waals surface area contributed by atoms with Crippen LogP contribution in [0.3, 0.4) is 0 Å². The predicted octanol–water partition coefficient (Wildman–Crippen LogP) is 0.983. The van der Waals surface area contributed by atoms with Crippen molar-refractivity contribution in [3.63, 3.8) is 0 Å². The van der Waals surface area contributed by atoms with Crippen LogP contribution in [0.5, 0.6) is 0 Å². The van der Waals surface area contributed by atoms with Crippen molar-refractivity contribution in [3.05, 3.63) is 28.7 Å². The van der Waals surface area contributed by atoms with E-state index in [1.807, 2.05) is 6.07 Å². The van der Waals surface area contributed by atoms with Crippen LogP contribution in [-0.4, -0.2) is 32.8 Å². The molecular formula is C13H18N6O. The van der Waals surface area contributed by atoms with Crippen LogP contribution in [0.25, 0.3) is 0 Å². The Hall–Kier alpha value is -2.15. The number of nitrogens with zero attached hydrogens (tertiary/aromatic N) is 2. The minimum absolute atomic E-state index is 0.222. The topological polar surface area (TPSA) is 98.5 Å². The van der Waals surface area contributed by atoms with Gasteiger partial charge in [-0.2, -0.15) is 10.2 Å². The molecule has 2 aromatic heterocycles. The summed E-state index contributed by atoms with van der Waals surface area (Å²) in [6.07, 6.45) is 2.83. The number of carbonyl (C=O) groups excluding carboxylic acids is 1. The summed E-state index contributed by atoms with van der Waals surface area (Å²) in [6, 6.07) is 1.86. The second-order valence-electron chi connectivity index (χ2n) is 4.94. The molecule has 1 aliphatic heterocycles. The van der Waals surface area contributed by atoms with Crippen molar-refractivity contribution in [1.29, 1.82) is 0 Å². The van der Waals surface area contributed by atoms with Gasteiger partial charge in [0, 0.05) is 42.5 Å². The number of fused-ring (bicyclic) bond motifs is 1. The number of carbonyl (C=O) groups is 1. The van der Waals surface area contributed by atoms with Crippen molar-refractivity contribution in [2.24, 2.45) is 0 Å². The lowest BCUT2D eigenvalue weighted by Crippen LogP contribution is -2.25. The zero-order chi connectivity index (χ0) is 13.9. The monoisotopic (exact) mass is 274 g/mol. The van der Waals surface area contributed by atoms with Crippen molar-refractivity contribution in [3.8, 4) is 0 Å². The van der Waals surface area contributed by atoms with Crippen molar-refractivity contribution in [2.45, 2.75) is 32.7 Å². The van der Waals surface area contributed by atoms with E-state index in [-0.39, 0.29) is 5.91 Å². The van der Waals surface area contributed by atoms with Gasteiger partial charge in [-0.25, -0.2) is 0 Å². The number of hydrogen-bond donors (Lipinski definition) is 4. The Balaban J connectivity index is 1.74. The number of aromatic nitrogens is 4. The molecule has 0 atom stereocenters. The highest BCUT2D eigenvalue weighted by molar-refractivity contribution is 6.03. The Morgan fingerprint density at radius 1 is 1.40 bits per heavy atom. The standard InChI is InChI=1S/C13H18N6O/c1-2-3-8-6-11(18-16-8)15-13(20)12-9-7-14-5-4-10(9)17-19-12/h6,14H,2-5,7H2,1H3,(H,17,19)(H2,15,16,18,20). The number of nitrogens with one attached hydrogen (secondary N) is 4. The quantitative estimate of drug-likeness (QED) is 0.668. The highest BCUT2D eigenvalue weighted by Gasteiger charge is 2.21. The van der Waals surface area contributed by atoms with E-state index in [4.69, 9.17) is 0 Å². The summed E-state index contributed by atoms with van der Waals surface area (Å²) in [7, 11) is 0. The van der Waals surface area contributed by atoms with Gasteiger partial charge in [-0.1, -0.05) is 13.3 Å². The van der Waals surface area contributed by atoms with Crippen molar-refractivity contribution in [2.75, 3.05) is 11.9 Å². The molecule has 0 fully saturated rings. The molecule has 0 spiro atoms. The van der Waals surface area contributed by atoms with Gasteiger partial charge in [0.2, 0.25) is 0 Å². The number of aromatic amines is 2.